The van der Waals surface area contributed by atoms with Gasteiger partial charge in [0.05, 0.1) is 5.69 Å². The van der Waals surface area contributed by atoms with E-state index >= 15 is 0 Å². The Morgan fingerprint density at radius 3 is 2.87 bits per heavy atom. The minimum Gasteiger partial charge on any atom is -0.338 e. The van der Waals surface area contributed by atoms with Crippen molar-refractivity contribution in [3.63, 3.8) is 0 Å². The van der Waals surface area contributed by atoms with Gasteiger partial charge in [-0.25, -0.2) is 4.98 Å². The maximum absolute atomic E-state index is 12.6. The molecule has 23 heavy (non-hydrogen) atoms. The number of pyridine rings is 1. The lowest BCUT2D eigenvalue weighted by atomic mass is 9.80. The van der Waals surface area contributed by atoms with E-state index in [9.17, 15) is 9.59 Å². The van der Waals surface area contributed by atoms with Gasteiger partial charge in [-0.05, 0) is 37.8 Å². The molecular weight excluding hydrogens is 292 g/mol. The van der Waals surface area contributed by atoms with Crippen LogP contribution in [0.3, 0.4) is 0 Å². The molecule has 118 valence electrons. The number of carbonyl (C=O) groups is 1. The van der Waals surface area contributed by atoms with Crippen molar-refractivity contribution in [2.45, 2.75) is 25.7 Å². The lowest BCUT2D eigenvalue weighted by molar-refractivity contribution is 0.0785. The molecule has 3 heterocycles. The molecule has 0 radical (unpaired) electrons. The predicted octanol–water partition coefficient (Wildman–Crippen LogP) is 1.28. The van der Waals surface area contributed by atoms with Gasteiger partial charge in [-0.1, -0.05) is 0 Å². The van der Waals surface area contributed by atoms with Crippen molar-refractivity contribution in [3.05, 3.63) is 57.5 Å². The highest BCUT2D eigenvalue weighted by molar-refractivity contribution is 5.94. The van der Waals surface area contributed by atoms with Crippen LogP contribution in [0.4, 0.5) is 0 Å². The molecule has 0 spiro atoms. The molecule has 1 aliphatic heterocycles. The zero-order valence-corrected chi connectivity index (χ0v) is 13.0. The van der Waals surface area contributed by atoms with Gasteiger partial charge >= 0.3 is 0 Å². The maximum Gasteiger partial charge on any atom is 0.254 e. The molecule has 2 aliphatic rings. The van der Waals surface area contributed by atoms with Crippen LogP contribution in [0.1, 0.15) is 39.8 Å². The zero-order chi connectivity index (χ0) is 16.0. The molecule has 2 aromatic rings. The third kappa shape index (κ3) is 2.34. The Kier molecular flexibility index (Phi) is 3.25. The molecule has 0 unspecified atom stereocenters. The summed E-state index contributed by atoms with van der Waals surface area (Å²) < 4.78 is 0. The molecule has 1 N–H and O–H groups in total. The van der Waals surface area contributed by atoms with Crippen molar-refractivity contribution in [3.8, 4) is 0 Å². The summed E-state index contributed by atoms with van der Waals surface area (Å²) in [6.07, 6.45) is 4.95. The van der Waals surface area contributed by atoms with E-state index in [0.717, 1.165) is 30.6 Å². The van der Waals surface area contributed by atoms with Gasteiger partial charge in [0.25, 0.3) is 11.5 Å². The summed E-state index contributed by atoms with van der Waals surface area (Å²) in [4.78, 5) is 38.0. The van der Waals surface area contributed by atoms with Crippen molar-refractivity contribution in [2.24, 2.45) is 5.92 Å². The van der Waals surface area contributed by atoms with Gasteiger partial charge in [-0.15, -0.1) is 0 Å². The Balaban J connectivity index is 1.65. The minimum atomic E-state index is -0.0233. The smallest absolute Gasteiger partial charge is 0.254 e. The minimum absolute atomic E-state index is 0.0233. The Bertz CT molecular complexity index is 815. The predicted molar refractivity (Wildman–Crippen MR) is 84.3 cm³/mol. The second-order valence-corrected chi connectivity index (χ2v) is 6.37. The fourth-order valence-corrected chi connectivity index (χ4v) is 3.83. The summed E-state index contributed by atoms with van der Waals surface area (Å²) in [5.41, 5.74) is 2.33. The largest absolute Gasteiger partial charge is 0.338 e. The van der Waals surface area contributed by atoms with E-state index in [1.807, 2.05) is 4.90 Å². The summed E-state index contributed by atoms with van der Waals surface area (Å²) >= 11 is 0. The number of aromatic amines is 1. The van der Waals surface area contributed by atoms with E-state index in [1.54, 1.807) is 31.5 Å². The molecule has 2 atom stereocenters. The summed E-state index contributed by atoms with van der Waals surface area (Å²) in [6, 6.07) is 3.48. The fraction of sp³-hybridized carbons (Fsp3) is 0.412. The van der Waals surface area contributed by atoms with E-state index in [1.165, 1.54) is 0 Å². The second kappa shape index (κ2) is 5.30. The van der Waals surface area contributed by atoms with Crippen LogP contribution in [-0.2, 0) is 6.42 Å². The molecule has 2 aromatic heterocycles. The van der Waals surface area contributed by atoms with Gasteiger partial charge in [0.2, 0.25) is 0 Å². The lowest BCUT2D eigenvalue weighted by Gasteiger charge is -2.25. The Morgan fingerprint density at radius 1 is 1.30 bits per heavy atom. The Labute approximate surface area is 133 Å². The number of nitrogens with zero attached hydrogens (tertiary/aromatic N) is 3. The summed E-state index contributed by atoms with van der Waals surface area (Å²) in [5, 5.41) is 0. The summed E-state index contributed by atoms with van der Waals surface area (Å²) in [6.45, 7) is 3.17. The molecule has 1 saturated heterocycles. The molecule has 0 bridgehead atoms. The monoisotopic (exact) mass is 310 g/mol. The number of H-pyrrole nitrogens is 1. The first-order chi connectivity index (χ1) is 11.1. The van der Waals surface area contributed by atoms with Gasteiger partial charge < -0.3 is 9.88 Å². The molecule has 0 aromatic carbocycles. The SMILES string of the molecule is Cc1nc2c(c(=O)[nH]1)CC[C@@H]1CN(C(=O)c3ccncc3)C[C@H]21. The summed E-state index contributed by atoms with van der Waals surface area (Å²) in [7, 11) is 0. The number of likely N-dealkylation sites (tertiary alicyclic amines) is 1. The quantitative estimate of drug-likeness (QED) is 0.860. The van der Waals surface area contributed by atoms with Gasteiger partial charge in [0.1, 0.15) is 5.82 Å². The molecular formula is C17H18N4O2. The molecule has 1 fully saturated rings. The van der Waals surface area contributed by atoms with Crippen LogP contribution >= 0.6 is 0 Å². The first-order valence-corrected chi connectivity index (χ1v) is 7.92. The van der Waals surface area contributed by atoms with Crippen LogP contribution in [0.2, 0.25) is 0 Å². The van der Waals surface area contributed by atoms with E-state index < -0.39 is 0 Å². The first kappa shape index (κ1) is 14.1. The van der Waals surface area contributed by atoms with Crippen LogP contribution in [0, 0.1) is 12.8 Å². The number of aromatic nitrogens is 3. The molecule has 6 nitrogen and oxygen atoms in total. The molecule has 0 saturated carbocycles. The van der Waals surface area contributed by atoms with Crippen molar-refractivity contribution in [1.82, 2.24) is 19.9 Å². The third-order valence-corrected chi connectivity index (χ3v) is 4.94. The highest BCUT2D eigenvalue weighted by atomic mass is 16.2. The Morgan fingerprint density at radius 2 is 2.09 bits per heavy atom. The van der Waals surface area contributed by atoms with Crippen LogP contribution in [0.25, 0.3) is 0 Å². The molecule has 6 heteroatoms. The van der Waals surface area contributed by atoms with E-state index in [-0.39, 0.29) is 17.4 Å². The standard InChI is InChI=1S/C17H18N4O2/c1-10-19-15-13(16(22)20-10)3-2-12-8-21(9-14(12)15)17(23)11-4-6-18-7-5-11/h4-7,12,14H,2-3,8-9H2,1H3,(H,19,20,22)/t12-,14+/m1/s1. The Hall–Kier alpha value is -2.50. The first-order valence-electron chi connectivity index (χ1n) is 7.92. The zero-order valence-electron chi connectivity index (χ0n) is 13.0. The van der Waals surface area contributed by atoms with Crippen LogP contribution in [0.15, 0.2) is 29.3 Å². The van der Waals surface area contributed by atoms with Gasteiger partial charge in [0.15, 0.2) is 0 Å². The number of hydrogen-bond acceptors (Lipinski definition) is 4. The summed E-state index contributed by atoms with van der Waals surface area (Å²) in [5.74, 6) is 1.24. The average molecular weight is 310 g/mol. The van der Waals surface area contributed by atoms with E-state index in [0.29, 0.717) is 23.9 Å². The number of rotatable bonds is 1. The topological polar surface area (TPSA) is 79.0 Å². The molecule has 4 rings (SSSR count). The van der Waals surface area contributed by atoms with Crippen molar-refractivity contribution < 1.29 is 4.79 Å². The maximum atomic E-state index is 12.6. The number of carbonyl (C=O) groups excluding carboxylic acids is 1. The second-order valence-electron chi connectivity index (χ2n) is 6.37. The van der Waals surface area contributed by atoms with Crippen molar-refractivity contribution in [1.29, 1.82) is 0 Å². The van der Waals surface area contributed by atoms with Gasteiger partial charge in [-0.2, -0.15) is 0 Å². The van der Waals surface area contributed by atoms with Crippen molar-refractivity contribution >= 4 is 5.91 Å². The number of nitrogens with one attached hydrogen (secondary N) is 1. The van der Waals surface area contributed by atoms with Crippen LogP contribution in [0.5, 0.6) is 0 Å². The van der Waals surface area contributed by atoms with Crippen LogP contribution in [-0.4, -0.2) is 38.8 Å². The highest BCUT2D eigenvalue weighted by Gasteiger charge is 2.41. The normalized spacial score (nSPS) is 22.6. The number of amides is 1. The molecule has 1 aliphatic carbocycles. The number of hydrogen-bond donors (Lipinski definition) is 1. The molecule has 1 amide bonds. The third-order valence-electron chi connectivity index (χ3n) is 4.94. The highest BCUT2D eigenvalue weighted by Crippen LogP contribution is 2.39. The number of fused-ring (bicyclic) bond motifs is 3. The van der Waals surface area contributed by atoms with Crippen molar-refractivity contribution in [2.75, 3.05) is 13.1 Å². The number of aryl methyl sites for hydroxylation is 1. The fourth-order valence-electron chi connectivity index (χ4n) is 3.83. The van der Waals surface area contributed by atoms with E-state index in [2.05, 4.69) is 15.0 Å². The lowest BCUT2D eigenvalue weighted by Crippen LogP contribution is -2.29. The van der Waals surface area contributed by atoms with E-state index in [4.69, 9.17) is 0 Å². The van der Waals surface area contributed by atoms with Gasteiger partial charge in [0, 0.05) is 42.5 Å². The van der Waals surface area contributed by atoms with Gasteiger partial charge in [-0.3, -0.25) is 14.6 Å². The average Bonchev–Trinajstić information content (AvgIpc) is 2.99. The van der Waals surface area contributed by atoms with Crippen LogP contribution < -0.4 is 5.56 Å².